The molecular formula is C11H15ClN2O2. The van der Waals surface area contributed by atoms with Gasteiger partial charge in [0.1, 0.15) is 0 Å². The summed E-state index contributed by atoms with van der Waals surface area (Å²) in [6, 6.07) is 5.58. The van der Waals surface area contributed by atoms with Crippen molar-refractivity contribution in [2.75, 3.05) is 23.8 Å². The third kappa shape index (κ3) is 2.22. The van der Waals surface area contributed by atoms with Crippen LogP contribution in [0.2, 0.25) is 0 Å². The summed E-state index contributed by atoms with van der Waals surface area (Å²) >= 11 is 0. The van der Waals surface area contributed by atoms with Gasteiger partial charge in [-0.05, 0) is 37.1 Å². The van der Waals surface area contributed by atoms with E-state index < -0.39 is 0 Å². The molecular weight excluding hydrogens is 228 g/mol. The number of nitrogens with zero attached hydrogens (tertiary/aromatic N) is 1. The quantitative estimate of drug-likeness (QED) is 0.769. The van der Waals surface area contributed by atoms with E-state index in [0.29, 0.717) is 13.2 Å². The van der Waals surface area contributed by atoms with Gasteiger partial charge in [0.05, 0.1) is 12.3 Å². The Hall–Kier alpha value is -1.42. The van der Waals surface area contributed by atoms with Gasteiger partial charge in [-0.2, -0.15) is 0 Å². The number of amides is 1. The molecule has 1 amide bonds. The molecule has 2 N–H and O–H groups in total. The highest BCUT2D eigenvalue weighted by Gasteiger charge is 2.25. The molecule has 0 bridgehead atoms. The van der Waals surface area contributed by atoms with Crippen molar-refractivity contribution in [1.29, 1.82) is 0 Å². The second-order valence-electron chi connectivity index (χ2n) is 3.49. The van der Waals surface area contributed by atoms with Crippen LogP contribution in [0.3, 0.4) is 0 Å². The third-order valence-electron chi connectivity index (χ3n) is 2.49. The fraction of sp³-hybridized carbons (Fsp3) is 0.364. The zero-order valence-electron chi connectivity index (χ0n) is 9.10. The Morgan fingerprint density at radius 3 is 3.00 bits per heavy atom. The van der Waals surface area contributed by atoms with Gasteiger partial charge in [-0.3, -0.25) is 4.90 Å². The highest BCUT2D eigenvalue weighted by Crippen LogP contribution is 2.29. The van der Waals surface area contributed by atoms with E-state index in [0.717, 1.165) is 23.4 Å². The number of hydrogen-bond donors (Lipinski definition) is 1. The van der Waals surface area contributed by atoms with Crippen molar-refractivity contribution in [2.45, 2.75) is 13.3 Å². The lowest BCUT2D eigenvalue weighted by Gasteiger charge is -2.16. The summed E-state index contributed by atoms with van der Waals surface area (Å²) in [5.41, 5.74) is 8.45. The molecule has 0 radical (unpaired) electrons. The Bertz CT molecular complexity index is 396. The van der Waals surface area contributed by atoms with Crippen molar-refractivity contribution >= 4 is 29.9 Å². The van der Waals surface area contributed by atoms with E-state index in [9.17, 15) is 4.79 Å². The van der Waals surface area contributed by atoms with Crippen molar-refractivity contribution < 1.29 is 9.53 Å². The van der Waals surface area contributed by atoms with Crippen LogP contribution in [0.5, 0.6) is 0 Å². The number of ether oxygens (including phenoxy) is 1. The number of fused-ring (bicyclic) bond motifs is 1. The molecule has 2 rings (SSSR count). The molecule has 4 nitrogen and oxygen atoms in total. The SMILES string of the molecule is CCOC(=O)N1CCc2cc(N)ccc21.Cl. The molecule has 0 saturated heterocycles. The van der Waals surface area contributed by atoms with Gasteiger partial charge in [0, 0.05) is 12.2 Å². The predicted octanol–water partition coefficient (Wildman–Crippen LogP) is 2.21. The highest BCUT2D eigenvalue weighted by atomic mass is 35.5. The number of nitrogens with two attached hydrogens (primary N) is 1. The van der Waals surface area contributed by atoms with E-state index in [1.54, 1.807) is 17.9 Å². The molecule has 5 heteroatoms. The first-order chi connectivity index (χ1) is 7.22. The largest absolute Gasteiger partial charge is 0.449 e. The fourth-order valence-corrected chi connectivity index (χ4v) is 1.81. The topological polar surface area (TPSA) is 55.6 Å². The van der Waals surface area contributed by atoms with Crippen LogP contribution in [-0.2, 0) is 11.2 Å². The van der Waals surface area contributed by atoms with Crippen molar-refractivity contribution in [2.24, 2.45) is 0 Å². The average Bonchev–Trinajstić information content (AvgIpc) is 2.60. The minimum Gasteiger partial charge on any atom is -0.449 e. The van der Waals surface area contributed by atoms with Crippen LogP contribution in [0.15, 0.2) is 18.2 Å². The Kier molecular flexibility index (Phi) is 4.01. The zero-order valence-corrected chi connectivity index (χ0v) is 9.92. The van der Waals surface area contributed by atoms with Gasteiger partial charge in [0.2, 0.25) is 0 Å². The Labute approximate surface area is 101 Å². The molecule has 1 aromatic rings. The molecule has 1 aliphatic heterocycles. The van der Waals surface area contributed by atoms with Gasteiger partial charge in [0.25, 0.3) is 0 Å². The summed E-state index contributed by atoms with van der Waals surface area (Å²) in [5, 5.41) is 0. The van der Waals surface area contributed by atoms with E-state index >= 15 is 0 Å². The van der Waals surface area contributed by atoms with Crippen LogP contribution in [0, 0.1) is 0 Å². The van der Waals surface area contributed by atoms with E-state index in [-0.39, 0.29) is 18.5 Å². The molecule has 0 saturated carbocycles. The number of hydrogen-bond acceptors (Lipinski definition) is 3. The molecule has 16 heavy (non-hydrogen) atoms. The Balaban J connectivity index is 0.00000128. The van der Waals surface area contributed by atoms with Crippen molar-refractivity contribution in [1.82, 2.24) is 0 Å². The van der Waals surface area contributed by atoms with Crippen LogP contribution in [0.1, 0.15) is 12.5 Å². The van der Waals surface area contributed by atoms with Crippen LogP contribution in [0.25, 0.3) is 0 Å². The smallest absolute Gasteiger partial charge is 0.414 e. The number of halogens is 1. The Morgan fingerprint density at radius 2 is 2.31 bits per heavy atom. The summed E-state index contributed by atoms with van der Waals surface area (Å²) in [6.45, 7) is 2.88. The van der Waals surface area contributed by atoms with Gasteiger partial charge in [0.15, 0.2) is 0 Å². The summed E-state index contributed by atoms with van der Waals surface area (Å²) < 4.78 is 4.97. The van der Waals surface area contributed by atoms with E-state index in [1.807, 2.05) is 12.1 Å². The zero-order chi connectivity index (χ0) is 10.8. The number of carbonyl (C=O) groups is 1. The summed E-state index contributed by atoms with van der Waals surface area (Å²) in [5.74, 6) is 0. The number of benzene rings is 1. The monoisotopic (exact) mass is 242 g/mol. The van der Waals surface area contributed by atoms with Gasteiger partial charge < -0.3 is 10.5 Å². The maximum Gasteiger partial charge on any atom is 0.414 e. The van der Waals surface area contributed by atoms with Crippen molar-refractivity contribution in [3.8, 4) is 0 Å². The molecule has 1 aromatic carbocycles. The predicted molar refractivity (Wildman–Crippen MR) is 66.2 cm³/mol. The van der Waals surface area contributed by atoms with Gasteiger partial charge in [-0.15, -0.1) is 12.4 Å². The van der Waals surface area contributed by atoms with Crippen molar-refractivity contribution in [3.05, 3.63) is 23.8 Å². The summed E-state index contributed by atoms with van der Waals surface area (Å²) in [4.78, 5) is 13.2. The lowest BCUT2D eigenvalue weighted by molar-refractivity contribution is 0.160. The van der Waals surface area contributed by atoms with Crippen LogP contribution in [0.4, 0.5) is 16.2 Å². The van der Waals surface area contributed by atoms with Crippen LogP contribution < -0.4 is 10.6 Å². The minimum atomic E-state index is -0.277. The maximum absolute atomic E-state index is 11.6. The van der Waals surface area contributed by atoms with Gasteiger partial charge in [-0.25, -0.2) is 4.79 Å². The maximum atomic E-state index is 11.6. The van der Waals surface area contributed by atoms with E-state index in [1.165, 1.54) is 0 Å². The summed E-state index contributed by atoms with van der Waals surface area (Å²) in [6.07, 6.45) is 0.570. The molecule has 0 unspecified atom stereocenters. The number of nitrogen functional groups attached to an aromatic ring is 1. The second-order valence-corrected chi connectivity index (χ2v) is 3.49. The average molecular weight is 243 g/mol. The van der Waals surface area contributed by atoms with Crippen LogP contribution in [-0.4, -0.2) is 19.2 Å². The third-order valence-corrected chi connectivity index (χ3v) is 2.49. The fourth-order valence-electron chi connectivity index (χ4n) is 1.81. The molecule has 0 aromatic heterocycles. The first kappa shape index (κ1) is 12.6. The standard InChI is InChI=1S/C11H14N2O2.ClH/c1-2-15-11(14)13-6-5-8-7-9(12)3-4-10(8)13;/h3-4,7H,2,5-6,12H2,1H3;1H. The lowest BCUT2D eigenvalue weighted by Crippen LogP contribution is -2.29. The number of anilines is 2. The van der Waals surface area contributed by atoms with Crippen molar-refractivity contribution in [3.63, 3.8) is 0 Å². The van der Waals surface area contributed by atoms with E-state index in [4.69, 9.17) is 10.5 Å². The highest BCUT2D eigenvalue weighted by molar-refractivity contribution is 5.90. The molecule has 1 aliphatic rings. The molecule has 1 heterocycles. The van der Waals surface area contributed by atoms with Gasteiger partial charge >= 0.3 is 6.09 Å². The van der Waals surface area contributed by atoms with Gasteiger partial charge in [-0.1, -0.05) is 0 Å². The van der Waals surface area contributed by atoms with Crippen LogP contribution >= 0.6 is 12.4 Å². The molecule has 88 valence electrons. The summed E-state index contributed by atoms with van der Waals surface area (Å²) in [7, 11) is 0. The minimum absolute atomic E-state index is 0. The molecule has 0 atom stereocenters. The number of rotatable bonds is 1. The molecule has 0 aliphatic carbocycles. The second kappa shape index (κ2) is 5.07. The normalized spacial score (nSPS) is 12.9. The lowest BCUT2D eigenvalue weighted by atomic mass is 10.1. The first-order valence-electron chi connectivity index (χ1n) is 5.05. The molecule has 0 fully saturated rings. The van der Waals surface area contributed by atoms with E-state index in [2.05, 4.69) is 0 Å². The first-order valence-corrected chi connectivity index (χ1v) is 5.05. The number of carbonyl (C=O) groups excluding carboxylic acids is 1. The Morgan fingerprint density at radius 1 is 1.56 bits per heavy atom. The molecule has 0 spiro atoms.